The van der Waals surface area contributed by atoms with Gasteiger partial charge >= 0.3 is 0 Å². The lowest BCUT2D eigenvalue weighted by atomic mass is 10.3. The lowest BCUT2D eigenvalue weighted by molar-refractivity contribution is -0.268. The molecule has 0 aliphatic heterocycles. The maximum absolute atomic E-state index is 10.5. The molecule has 10 heavy (non-hydrogen) atoms. The predicted molar refractivity (Wildman–Crippen MR) is 34.6 cm³/mol. The Morgan fingerprint density at radius 3 is 2.30 bits per heavy atom. The van der Waals surface area contributed by atoms with Gasteiger partial charge in [-0.05, 0) is 12.1 Å². The van der Waals surface area contributed by atoms with Gasteiger partial charge in [0.05, 0.1) is 5.69 Å². The second kappa shape index (κ2) is 2.82. The third kappa shape index (κ3) is 1.45. The van der Waals surface area contributed by atoms with E-state index in [-0.39, 0.29) is 5.75 Å². The number of hydrogen-bond acceptors (Lipinski definition) is 3. The van der Waals surface area contributed by atoms with Crippen LogP contribution in [0.5, 0.6) is 5.75 Å². The summed E-state index contributed by atoms with van der Waals surface area (Å²) in [5.74, 6) is 4.73. The zero-order valence-electron chi connectivity index (χ0n) is 5.19. The highest BCUT2D eigenvalue weighted by atomic mass is 16.3. The van der Waals surface area contributed by atoms with Crippen LogP contribution >= 0.6 is 0 Å². The summed E-state index contributed by atoms with van der Waals surface area (Å²) in [5.41, 5.74) is 0.585. The molecule has 0 heterocycles. The van der Waals surface area contributed by atoms with Crippen LogP contribution in [0.25, 0.3) is 0 Å². The van der Waals surface area contributed by atoms with Gasteiger partial charge in [-0.2, -0.15) is 0 Å². The number of rotatable bonds is 1. The molecule has 0 saturated heterocycles. The van der Waals surface area contributed by atoms with Gasteiger partial charge in [-0.1, -0.05) is 17.4 Å². The Morgan fingerprint density at radius 1 is 1.20 bits per heavy atom. The third-order valence-electron chi connectivity index (χ3n) is 1.01. The van der Waals surface area contributed by atoms with Crippen molar-refractivity contribution < 1.29 is 5.11 Å². The standard InChI is InChI=1S/C6H7N3O/c7-9-8-5-1-3-6(10)4-2-5/h1-4,10H,(H2,7,8)/p-1. The second-order valence-corrected chi connectivity index (χ2v) is 1.71. The highest BCUT2D eigenvalue weighted by molar-refractivity contribution is 5.39. The van der Waals surface area contributed by atoms with Crippen molar-refractivity contribution in [3.05, 3.63) is 24.3 Å². The smallest absolute Gasteiger partial charge is 0.0873 e. The Labute approximate surface area is 58.0 Å². The minimum atomic E-state index is -0.0454. The Kier molecular flexibility index (Phi) is 1.84. The Bertz CT molecular complexity index is 229. The minimum absolute atomic E-state index is 0.0454. The van der Waals surface area contributed by atoms with Crippen LogP contribution in [-0.4, -0.2) is 0 Å². The number of benzene rings is 1. The van der Waals surface area contributed by atoms with Crippen molar-refractivity contribution in [1.82, 2.24) is 0 Å². The van der Waals surface area contributed by atoms with Gasteiger partial charge in [0.25, 0.3) is 0 Å². The van der Waals surface area contributed by atoms with Crippen LogP contribution in [-0.2, 0) is 0 Å². The van der Waals surface area contributed by atoms with E-state index in [1.54, 1.807) is 12.1 Å². The molecule has 1 aromatic rings. The highest BCUT2D eigenvalue weighted by Gasteiger charge is 1.82. The minimum Gasteiger partial charge on any atom is -0.872 e. The summed E-state index contributed by atoms with van der Waals surface area (Å²) in [6, 6.07) is 5.92. The number of nitrogens with zero attached hydrogens (tertiary/aromatic N) is 2. The molecule has 0 saturated carbocycles. The zero-order chi connectivity index (χ0) is 7.40. The van der Waals surface area contributed by atoms with Crippen molar-refractivity contribution in [3.63, 3.8) is 0 Å². The van der Waals surface area contributed by atoms with E-state index in [2.05, 4.69) is 10.3 Å². The van der Waals surface area contributed by atoms with Crippen LogP contribution in [0.3, 0.4) is 0 Å². The Hall–Kier alpha value is -1.58. The van der Waals surface area contributed by atoms with Crippen molar-refractivity contribution in [2.45, 2.75) is 0 Å². The molecule has 4 nitrogen and oxygen atoms in total. The van der Waals surface area contributed by atoms with Gasteiger partial charge in [-0.3, -0.25) is 0 Å². The molecule has 2 N–H and O–H groups in total. The fourth-order valence-electron chi connectivity index (χ4n) is 0.579. The first-order valence-electron chi connectivity index (χ1n) is 2.71. The van der Waals surface area contributed by atoms with Crippen molar-refractivity contribution >= 4 is 5.69 Å². The quantitative estimate of drug-likeness (QED) is 0.351. The second-order valence-electron chi connectivity index (χ2n) is 1.71. The molecule has 1 aromatic carbocycles. The molecule has 0 unspecified atom stereocenters. The average Bonchev–Trinajstić information content (AvgIpc) is 1.95. The van der Waals surface area contributed by atoms with E-state index in [9.17, 15) is 5.11 Å². The van der Waals surface area contributed by atoms with E-state index in [1.165, 1.54) is 12.1 Å². The Morgan fingerprint density at radius 2 is 1.80 bits per heavy atom. The van der Waals surface area contributed by atoms with Gasteiger partial charge < -0.3 is 10.9 Å². The van der Waals surface area contributed by atoms with Crippen molar-refractivity contribution in [2.24, 2.45) is 16.2 Å². The van der Waals surface area contributed by atoms with Gasteiger partial charge in [-0.15, -0.1) is 10.9 Å². The molecule has 0 aromatic heterocycles. The first kappa shape index (κ1) is 6.54. The van der Waals surface area contributed by atoms with E-state index in [1.807, 2.05) is 0 Å². The molecule has 1 rings (SSSR count). The molecule has 0 spiro atoms. The van der Waals surface area contributed by atoms with Crippen LogP contribution < -0.4 is 10.9 Å². The molecule has 0 atom stereocenters. The molecule has 0 amide bonds. The third-order valence-corrected chi connectivity index (χ3v) is 1.01. The number of nitrogens with two attached hydrogens (primary N) is 1. The monoisotopic (exact) mass is 136 g/mol. The summed E-state index contributed by atoms with van der Waals surface area (Å²) >= 11 is 0. The van der Waals surface area contributed by atoms with Crippen LogP contribution in [0.1, 0.15) is 0 Å². The summed E-state index contributed by atoms with van der Waals surface area (Å²) in [6.45, 7) is 0. The van der Waals surface area contributed by atoms with Gasteiger partial charge in [-0.25, -0.2) is 0 Å². The van der Waals surface area contributed by atoms with E-state index < -0.39 is 0 Å². The van der Waals surface area contributed by atoms with Crippen LogP contribution in [0, 0.1) is 0 Å². The summed E-state index contributed by atoms with van der Waals surface area (Å²) in [4.78, 5) is 0. The Balaban J connectivity index is 2.89. The summed E-state index contributed by atoms with van der Waals surface area (Å²) < 4.78 is 0. The fraction of sp³-hybridized carbons (Fsp3) is 0. The maximum Gasteiger partial charge on any atom is 0.0873 e. The van der Waals surface area contributed by atoms with E-state index in [4.69, 9.17) is 5.84 Å². The molecule has 4 heteroatoms. The van der Waals surface area contributed by atoms with Gasteiger partial charge in [0.1, 0.15) is 0 Å². The lowest BCUT2D eigenvalue weighted by Crippen LogP contribution is -1.86. The van der Waals surface area contributed by atoms with Gasteiger partial charge in [0, 0.05) is 0 Å². The topological polar surface area (TPSA) is 73.8 Å². The molecular formula is C6H6N3O-. The maximum atomic E-state index is 10.5. The van der Waals surface area contributed by atoms with Crippen molar-refractivity contribution in [1.29, 1.82) is 0 Å². The van der Waals surface area contributed by atoms with Crippen molar-refractivity contribution in [3.8, 4) is 5.75 Å². The van der Waals surface area contributed by atoms with E-state index >= 15 is 0 Å². The van der Waals surface area contributed by atoms with E-state index in [0.29, 0.717) is 5.69 Å². The molecule has 0 bridgehead atoms. The van der Waals surface area contributed by atoms with Crippen LogP contribution in [0.15, 0.2) is 34.6 Å². The van der Waals surface area contributed by atoms with Gasteiger partial charge in [0.2, 0.25) is 0 Å². The van der Waals surface area contributed by atoms with Crippen LogP contribution in [0.2, 0.25) is 0 Å². The molecule has 0 aliphatic rings. The first-order chi connectivity index (χ1) is 4.83. The molecule has 0 aliphatic carbocycles. The van der Waals surface area contributed by atoms with Crippen molar-refractivity contribution in [2.75, 3.05) is 0 Å². The molecular weight excluding hydrogens is 130 g/mol. The van der Waals surface area contributed by atoms with Gasteiger partial charge in [0.15, 0.2) is 0 Å². The average molecular weight is 136 g/mol. The molecule has 52 valence electrons. The molecule has 0 fully saturated rings. The molecule has 0 radical (unpaired) electrons. The summed E-state index contributed by atoms with van der Waals surface area (Å²) in [6.07, 6.45) is 0. The lowest BCUT2D eigenvalue weighted by Gasteiger charge is -2.01. The highest BCUT2D eigenvalue weighted by Crippen LogP contribution is 2.14. The van der Waals surface area contributed by atoms with Crippen LogP contribution in [0.4, 0.5) is 5.69 Å². The first-order valence-corrected chi connectivity index (χ1v) is 2.71. The summed E-state index contributed by atoms with van der Waals surface area (Å²) in [7, 11) is 0. The number of hydrogen-bond donors (Lipinski definition) is 1. The SMILES string of the molecule is NN=Nc1ccc([O-])cc1. The zero-order valence-corrected chi connectivity index (χ0v) is 5.19. The predicted octanol–water partition coefficient (Wildman–Crippen LogP) is 0.718. The normalized spacial score (nSPS) is 10.4. The largest absolute Gasteiger partial charge is 0.872 e. The summed E-state index contributed by atoms with van der Waals surface area (Å²) in [5, 5.41) is 17.1. The van der Waals surface area contributed by atoms with E-state index in [0.717, 1.165) is 0 Å². The fourth-order valence-corrected chi connectivity index (χ4v) is 0.579.